The molecule has 2 nitrogen and oxygen atoms in total. The van der Waals surface area contributed by atoms with E-state index in [4.69, 9.17) is 10.5 Å². The molecule has 0 saturated carbocycles. The van der Waals surface area contributed by atoms with Crippen LogP contribution < -0.4 is 10.5 Å². The SMILES string of the molecule is Cl.N[C@@H](CCC(F)(F)F)c1ccc2c(c1)CCO2. The van der Waals surface area contributed by atoms with Gasteiger partial charge in [0.15, 0.2) is 0 Å². The van der Waals surface area contributed by atoms with Gasteiger partial charge in [-0.1, -0.05) is 12.1 Å². The lowest BCUT2D eigenvalue weighted by Crippen LogP contribution is -2.15. The predicted octanol–water partition coefficient (Wildman–Crippen LogP) is 3.39. The quantitative estimate of drug-likeness (QED) is 0.922. The fourth-order valence-electron chi connectivity index (χ4n) is 1.92. The van der Waals surface area contributed by atoms with Gasteiger partial charge in [0.1, 0.15) is 5.75 Å². The maximum absolute atomic E-state index is 12.1. The third kappa shape index (κ3) is 3.78. The van der Waals surface area contributed by atoms with Crippen LogP contribution in [0.2, 0.25) is 0 Å². The second-order valence-electron chi connectivity index (χ2n) is 4.23. The fraction of sp³-hybridized carbons (Fsp3) is 0.500. The summed E-state index contributed by atoms with van der Waals surface area (Å²) in [5.41, 5.74) is 7.54. The number of hydrogen-bond donors (Lipinski definition) is 1. The van der Waals surface area contributed by atoms with E-state index in [1.54, 1.807) is 12.1 Å². The van der Waals surface area contributed by atoms with Crippen LogP contribution in [0.25, 0.3) is 0 Å². The summed E-state index contributed by atoms with van der Waals surface area (Å²) in [6.45, 7) is 0.635. The van der Waals surface area contributed by atoms with Crippen LogP contribution in [-0.4, -0.2) is 12.8 Å². The van der Waals surface area contributed by atoms with Gasteiger partial charge in [0.2, 0.25) is 0 Å². The van der Waals surface area contributed by atoms with Crippen LogP contribution in [-0.2, 0) is 6.42 Å². The lowest BCUT2D eigenvalue weighted by atomic mass is 9.99. The summed E-state index contributed by atoms with van der Waals surface area (Å²) >= 11 is 0. The fourth-order valence-corrected chi connectivity index (χ4v) is 1.92. The molecule has 0 bridgehead atoms. The van der Waals surface area contributed by atoms with E-state index in [9.17, 15) is 13.2 Å². The van der Waals surface area contributed by atoms with Crippen molar-refractivity contribution < 1.29 is 17.9 Å². The lowest BCUT2D eigenvalue weighted by Gasteiger charge is -2.14. The molecule has 1 aromatic rings. The summed E-state index contributed by atoms with van der Waals surface area (Å²) in [6, 6.07) is 4.81. The largest absolute Gasteiger partial charge is 0.493 e. The zero-order valence-corrected chi connectivity index (χ0v) is 10.5. The first kappa shape index (κ1) is 15.1. The van der Waals surface area contributed by atoms with Crippen LogP contribution in [0.4, 0.5) is 13.2 Å². The minimum atomic E-state index is -4.14. The number of fused-ring (bicyclic) bond motifs is 1. The van der Waals surface area contributed by atoms with Gasteiger partial charge in [0.25, 0.3) is 0 Å². The van der Waals surface area contributed by atoms with E-state index < -0.39 is 18.6 Å². The lowest BCUT2D eigenvalue weighted by molar-refractivity contribution is -0.136. The van der Waals surface area contributed by atoms with E-state index >= 15 is 0 Å². The van der Waals surface area contributed by atoms with Gasteiger partial charge >= 0.3 is 6.18 Å². The third-order valence-electron chi connectivity index (χ3n) is 2.88. The first-order valence-corrected chi connectivity index (χ1v) is 5.54. The summed E-state index contributed by atoms with van der Waals surface area (Å²) < 4.78 is 41.6. The van der Waals surface area contributed by atoms with Crippen LogP contribution >= 0.6 is 12.4 Å². The molecule has 0 fully saturated rings. The Morgan fingerprint density at radius 1 is 1.33 bits per heavy atom. The molecule has 0 aromatic heterocycles. The molecule has 0 amide bonds. The molecule has 2 rings (SSSR count). The topological polar surface area (TPSA) is 35.2 Å². The van der Waals surface area contributed by atoms with Gasteiger partial charge < -0.3 is 10.5 Å². The van der Waals surface area contributed by atoms with Crippen molar-refractivity contribution in [2.75, 3.05) is 6.61 Å². The van der Waals surface area contributed by atoms with Crippen LogP contribution in [0.5, 0.6) is 5.75 Å². The molecule has 0 spiro atoms. The molecule has 0 radical (unpaired) electrons. The van der Waals surface area contributed by atoms with Crippen LogP contribution in [0, 0.1) is 0 Å². The molecule has 1 atom stereocenters. The Morgan fingerprint density at radius 3 is 2.72 bits per heavy atom. The Balaban J connectivity index is 0.00000162. The molecular formula is C12H15ClF3NO. The predicted molar refractivity (Wildman–Crippen MR) is 65.1 cm³/mol. The van der Waals surface area contributed by atoms with E-state index in [2.05, 4.69) is 0 Å². The zero-order valence-electron chi connectivity index (χ0n) is 9.67. The van der Waals surface area contributed by atoms with Crippen molar-refractivity contribution in [1.29, 1.82) is 0 Å². The standard InChI is InChI=1S/C12H14F3NO.ClH/c13-12(14,15)5-3-10(16)8-1-2-11-9(7-8)4-6-17-11;/h1-2,7,10H,3-6,16H2;1H/t10-;/m0./s1. The van der Waals surface area contributed by atoms with E-state index in [0.29, 0.717) is 6.61 Å². The Morgan fingerprint density at radius 2 is 2.06 bits per heavy atom. The highest BCUT2D eigenvalue weighted by Crippen LogP contribution is 2.30. The smallest absolute Gasteiger partial charge is 0.389 e. The van der Waals surface area contributed by atoms with Crippen molar-refractivity contribution in [3.63, 3.8) is 0 Å². The van der Waals surface area contributed by atoms with Gasteiger partial charge in [-0.15, -0.1) is 12.4 Å². The van der Waals surface area contributed by atoms with Crippen LogP contribution in [0.3, 0.4) is 0 Å². The Labute approximate surface area is 110 Å². The molecule has 6 heteroatoms. The van der Waals surface area contributed by atoms with Gasteiger partial charge in [0.05, 0.1) is 6.61 Å². The maximum atomic E-state index is 12.1. The molecule has 0 saturated heterocycles. The van der Waals surface area contributed by atoms with E-state index in [1.165, 1.54) is 0 Å². The van der Waals surface area contributed by atoms with Crippen molar-refractivity contribution in [2.45, 2.75) is 31.5 Å². The van der Waals surface area contributed by atoms with Crippen molar-refractivity contribution in [3.05, 3.63) is 29.3 Å². The van der Waals surface area contributed by atoms with E-state index in [1.807, 2.05) is 6.07 Å². The maximum Gasteiger partial charge on any atom is 0.389 e. The van der Waals surface area contributed by atoms with Gasteiger partial charge in [-0.2, -0.15) is 13.2 Å². The molecule has 2 N–H and O–H groups in total. The monoisotopic (exact) mass is 281 g/mol. The summed E-state index contributed by atoms with van der Waals surface area (Å²) in [6.07, 6.45) is -4.27. The van der Waals surface area contributed by atoms with Gasteiger partial charge in [-0.25, -0.2) is 0 Å². The number of nitrogens with two attached hydrogens (primary N) is 1. The highest BCUT2D eigenvalue weighted by molar-refractivity contribution is 5.85. The average molecular weight is 282 g/mol. The van der Waals surface area contributed by atoms with Crippen molar-refractivity contribution >= 4 is 12.4 Å². The molecule has 18 heavy (non-hydrogen) atoms. The Bertz CT molecular complexity index is 409. The molecule has 0 aliphatic carbocycles. The van der Waals surface area contributed by atoms with Crippen molar-refractivity contribution in [1.82, 2.24) is 0 Å². The van der Waals surface area contributed by atoms with Crippen molar-refractivity contribution in [2.24, 2.45) is 5.73 Å². The molecule has 1 aliphatic rings. The highest BCUT2D eigenvalue weighted by atomic mass is 35.5. The first-order chi connectivity index (χ1) is 7.96. The average Bonchev–Trinajstić information content (AvgIpc) is 2.71. The molecule has 1 heterocycles. The Kier molecular flexibility index (Phi) is 4.87. The summed E-state index contributed by atoms with van der Waals surface area (Å²) in [4.78, 5) is 0. The minimum Gasteiger partial charge on any atom is -0.493 e. The second kappa shape index (κ2) is 5.80. The number of halogens is 4. The Hall–Kier alpha value is -0.940. The van der Waals surface area contributed by atoms with Gasteiger partial charge in [-0.05, 0) is 23.6 Å². The summed E-state index contributed by atoms with van der Waals surface area (Å²) in [7, 11) is 0. The minimum absolute atomic E-state index is 0. The molecule has 0 unspecified atom stereocenters. The highest BCUT2D eigenvalue weighted by Gasteiger charge is 2.28. The molecule has 1 aliphatic heterocycles. The molecule has 102 valence electrons. The van der Waals surface area contributed by atoms with Crippen LogP contribution in [0.1, 0.15) is 30.0 Å². The van der Waals surface area contributed by atoms with Crippen LogP contribution in [0.15, 0.2) is 18.2 Å². The zero-order chi connectivity index (χ0) is 12.5. The van der Waals surface area contributed by atoms with Crippen molar-refractivity contribution in [3.8, 4) is 5.75 Å². The van der Waals surface area contributed by atoms with Gasteiger partial charge in [-0.3, -0.25) is 0 Å². The van der Waals surface area contributed by atoms with Gasteiger partial charge in [0, 0.05) is 18.9 Å². The third-order valence-corrected chi connectivity index (χ3v) is 2.88. The normalized spacial score (nSPS) is 15.6. The summed E-state index contributed by atoms with van der Waals surface area (Å²) in [5.74, 6) is 0.816. The summed E-state index contributed by atoms with van der Waals surface area (Å²) in [5, 5.41) is 0. The molecular weight excluding hydrogens is 267 g/mol. The van der Waals surface area contributed by atoms with E-state index in [0.717, 1.165) is 23.3 Å². The number of alkyl halides is 3. The second-order valence-corrected chi connectivity index (χ2v) is 4.23. The number of hydrogen-bond acceptors (Lipinski definition) is 2. The number of benzene rings is 1. The van der Waals surface area contributed by atoms with E-state index in [-0.39, 0.29) is 18.8 Å². The number of ether oxygens (including phenoxy) is 1. The first-order valence-electron chi connectivity index (χ1n) is 5.54. The molecule has 1 aromatic carbocycles. The number of rotatable bonds is 3.